The van der Waals surface area contributed by atoms with Gasteiger partial charge in [0.15, 0.2) is 6.54 Å². The first-order valence-electron chi connectivity index (χ1n) is 10.8. The molecule has 31 heavy (non-hydrogen) atoms. The van der Waals surface area contributed by atoms with Gasteiger partial charge >= 0.3 is 0 Å². The quantitative estimate of drug-likeness (QED) is 0.535. The lowest BCUT2D eigenvalue weighted by Gasteiger charge is -2.23. The molecule has 1 amide bonds. The Morgan fingerprint density at radius 2 is 1.74 bits per heavy atom. The first-order valence-corrected chi connectivity index (χ1v) is 10.8. The number of hydrogen-bond acceptors (Lipinski definition) is 5. The van der Waals surface area contributed by atoms with Gasteiger partial charge in [-0.1, -0.05) is 0 Å². The van der Waals surface area contributed by atoms with E-state index in [1.807, 2.05) is 43.3 Å². The van der Waals surface area contributed by atoms with Crippen molar-refractivity contribution < 1.29 is 28.6 Å². The summed E-state index contributed by atoms with van der Waals surface area (Å²) in [6.07, 6.45) is 2.12. The Balaban J connectivity index is 1.46. The molecule has 3 rings (SSSR count). The van der Waals surface area contributed by atoms with Gasteiger partial charge < -0.3 is 29.2 Å². The molecule has 1 fully saturated rings. The van der Waals surface area contributed by atoms with Crippen LogP contribution in [0.3, 0.4) is 0 Å². The zero-order chi connectivity index (χ0) is 22.1. The summed E-state index contributed by atoms with van der Waals surface area (Å²) < 4.78 is 22.0. The summed E-state index contributed by atoms with van der Waals surface area (Å²) in [6.45, 7) is 4.88. The van der Waals surface area contributed by atoms with Crippen LogP contribution in [0, 0.1) is 0 Å². The molecular weight excluding hydrogens is 396 g/mol. The van der Waals surface area contributed by atoms with Crippen LogP contribution >= 0.6 is 0 Å². The van der Waals surface area contributed by atoms with Gasteiger partial charge in [-0.2, -0.15) is 0 Å². The lowest BCUT2D eigenvalue weighted by molar-refractivity contribution is -0.910. The van der Waals surface area contributed by atoms with Crippen LogP contribution in [0.25, 0.3) is 0 Å². The summed E-state index contributed by atoms with van der Waals surface area (Å²) in [5, 5.41) is 2.97. The second-order valence-corrected chi connectivity index (χ2v) is 7.49. The Labute approximate surface area is 184 Å². The summed E-state index contributed by atoms with van der Waals surface area (Å²) in [5.41, 5.74) is 1.13. The van der Waals surface area contributed by atoms with Gasteiger partial charge in [0.2, 0.25) is 0 Å². The first-order chi connectivity index (χ1) is 15.1. The van der Waals surface area contributed by atoms with E-state index in [1.165, 1.54) is 4.90 Å². The van der Waals surface area contributed by atoms with Crippen molar-refractivity contribution in [1.29, 1.82) is 0 Å². The highest BCUT2D eigenvalue weighted by Gasteiger charge is 2.33. The highest BCUT2D eigenvalue weighted by molar-refractivity contribution is 5.76. The van der Waals surface area contributed by atoms with Gasteiger partial charge in [-0.15, -0.1) is 0 Å². The molecule has 2 aromatic carbocycles. The monoisotopic (exact) mass is 429 g/mol. The van der Waals surface area contributed by atoms with Gasteiger partial charge in [0.05, 0.1) is 39.5 Å². The SMILES string of the molecule is CCOc1ccc(OCCNC(=O)C[NH+]2CCC[C@@H]2c2ccc(OC)cc2OC)cc1. The molecule has 0 aliphatic carbocycles. The van der Waals surface area contributed by atoms with Crippen molar-refractivity contribution in [3.05, 3.63) is 48.0 Å². The maximum absolute atomic E-state index is 12.5. The zero-order valence-electron chi connectivity index (χ0n) is 18.6. The molecule has 0 saturated carbocycles. The standard InChI is InChI=1S/C24H32N2O5/c1-4-30-18-7-9-19(10-8-18)31-15-13-25-24(27)17-26-14-5-6-22(26)21-12-11-20(28-2)16-23(21)29-3/h7-12,16,22H,4-6,13-15,17H2,1-3H3,(H,25,27)/p+1/t22-/m1/s1. The Kier molecular flexibility index (Phi) is 8.41. The number of likely N-dealkylation sites (tertiary alicyclic amines) is 1. The minimum Gasteiger partial charge on any atom is -0.497 e. The van der Waals surface area contributed by atoms with E-state index in [0.717, 1.165) is 47.9 Å². The molecular formula is C24H33N2O5+. The highest BCUT2D eigenvalue weighted by atomic mass is 16.5. The van der Waals surface area contributed by atoms with Crippen LogP contribution in [0.5, 0.6) is 23.0 Å². The maximum Gasteiger partial charge on any atom is 0.275 e. The third kappa shape index (κ3) is 6.28. The second kappa shape index (κ2) is 11.5. The van der Waals surface area contributed by atoms with Gasteiger partial charge in [-0.05, 0) is 43.3 Å². The third-order valence-corrected chi connectivity index (χ3v) is 5.51. The minimum atomic E-state index is 0.0321. The van der Waals surface area contributed by atoms with Crippen molar-refractivity contribution in [2.24, 2.45) is 0 Å². The summed E-state index contributed by atoms with van der Waals surface area (Å²) in [4.78, 5) is 13.8. The number of carbonyl (C=O) groups is 1. The van der Waals surface area contributed by atoms with Crippen molar-refractivity contribution in [3.63, 3.8) is 0 Å². The predicted molar refractivity (Wildman–Crippen MR) is 118 cm³/mol. The van der Waals surface area contributed by atoms with Crippen LogP contribution in [0.2, 0.25) is 0 Å². The second-order valence-electron chi connectivity index (χ2n) is 7.49. The molecule has 0 spiro atoms. The maximum atomic E-state index is 12.5. The fourth-order valence-electron chi connectivity index (χ4n) is 4.03. The van der Waals surface area contributed by atoms with E-state index in [0.29, 0.717) is 26.3 Å². The largest absolute Gasteiger partial charge is 0.497 e. The van der Waals surface area contributed by atoms with E-state index in [1.54, 1.807) is 14.2 Å². The minimum absolute atomic E-state index is 0.0321. The van der Waals surface area contributed by atoms with Crippen molar-refractivity contribution in [1.82, 2.24) is 5.32 Å². The number of hydrogen-bond donors (Lipinski definition) is 2. The summed E-state index contributed by atoms with van der Waals surface area (Å²) in [5.74, 6) is 3.19. The number of methoxy groups -OCH3 is 2. The average Bonchev–Trinajstić information content (AvgIpc) is 3.25. The van der Waals surface area contributed by atoms with E-state index < -0.39 is 0 Å². The van der Waals surface area contributed by atoms with E-state index in [4.69, 9.17) is 18.9 Å². The molecule has 168 valence electrons. The Bertz CT molecular complexity index is 840. The average molecular weight is 430 g/mol. The Morgan fingerprint density at radius 3 is 2.42 bits per heavy atom. The van der Waals surface area contributed by atoms with Crippen molar-refractivity contribution >= 4 is 5.91 Å². The van der Waals surface area contributed by atoms with E-state index in [2.05, 4.69) is 11.4 Å². The molecule has 1 heterocycles. The normalized spacial score (nSPS) is 17.8. The number of rotatable bonds is 11. The fourth-order valence-corrected chi connectivity index (χ4v) is 4.03. The van der Waals surface area contributed by atoms with Crippen LogP contribution in [0.15, 0.2) is 42.5 Å². The van der Waals surface area contributed by atoms with Gasteiger partial charge in [-0.25, -0.2) is 0 Å². The summed E-state index contributed by atoms with van der Waals surface area (Å²) in [6, 6.07) is 13.6. The van der Waals surface area contributed by atoms with E-state index in [-0.39, 0.29) is 11.9 Å². The summed E-state index contributed by atoms with van der Waals surface area (Å²) in [7, 11) is 3.31. The molecule has 1 unspecified atom stereocenters. The topological polar surface area (TPSA) is 70.5 Å². The number of ether oxygens (including phenoxy) is 4. The molecule has 2 N–H and O–H groups in total. The lowest BCUT2D eigenvalue weighted by Crippen LogP contribution is -3.11. The molecule has 0 aromatic heterocycles. The number of amides is 1. The van der Waals surface area contributed by atoms with Crippen molar-refractivity contribution in [3.8, 4) is 23.0 Å². The predicted octanol–water partition coefficient (Wildman–Crippen LogP) is 2.02. The smallest absolute Gasteiger partial charge is 0.275 e. The Hall–Kier alpha value is -2.93. The molecule has 1 saturated heterocycles. The highest BCUT2D eigenvalue weighted by Crippen LogP contribution is 2.31. The number of quaternary nitrogens is 1. The zero-order valence-corrected chi connectivity index (χ0v) is 18.6. The molecule has 1 aliphatic heterocycles. The lowest BCUT2D eigenvalue weighted by atomic mass is 10.0. The van der Waals surface area contributed by atoms with Crippen LogP contribution in [-0.4, -0.2) is 53.0 Å². The van der Waals surface area contributed by atoms with Gasteiger partial charge in [0.1, 0.15) is 35.6 Å². The first kappa shape index (κ1) is 22.7. The van der Waals surface area contributed by atoms with Crippen molar-refractivity contribution in [2.75, 3.05) is 47.1 Å². The molecule has 0 radical (unpaired) electrons. The van der Waals surface area contributed by atoms with Gasteiger partial charge in [0, 0.05) is 18.9 Å². The van der Waals surface area contributed by atoms with Gasteiger partial charge in [0.25, 0.3) is 5.91 Å². The number of carbonyl (C=O) groups excluding carboxylic acids is 1. The molecule has 7 nitrogen and oxygen atoms in total. The Morgan fingerprint density at radius 1 is 1.03 bits per heavy atom. The molecule has 2 atom stereocenters. The van der Waals surface area contributed by atoms with Crippen LogP contribution in [-0.2, 0) is 4.79 Å². The van der Waals surface area contributed by atoms with Crippen LogP contribution < -0.4 is 29.2 Å². The van der Waals surface area contributed by atoms with E-state index in [9.17, 15) is 4.79 Å². The van der Waals surface area contributed by atoms with Crippen LogP contribution in [0.4, 0.5) is 0 Å². The summed E-state index contributed by atoms with van der Waals surface area (Å²) >= 11 is 0. The van der Waals surface area contributed by atoms with Gasteiger partial charge in [-0.3, -0.25) is 4.79 Å². The molecule has 1 aliphatic rings. The van der Waals surface area contributed by atoms with Crippen molar-refractivity contribution in [2.45, 2.75) is 25.8 Å². The fraction of sp³-hybridized carbons (Fsp3) is 0.458. The molecule has 7 heteroatoms. The van der Waals surface area contributed by atoms with Crippen LogP contribution in [0.1, 0.15) is 31.4 Å². The number of nitrogens with one attached hydrogen (secondary N) is 2. The van der Waals surface area contributed by atoms with E-state index >= 15 is 0 Å². The number of benzene rings is 2. The third-order valence-electron chi connectivity index (χ3n) is 5.51. The molecule has 0 bridgehead atoms. The molecule has 2 aromatic rings.